The summed E-state index contributed by atoms with van der Waals surface area (Å²) >= 11 is 0. The van der Waals surface area contributed by atoms with Crippen LogP contribution < -0.4 is 5.32 Å². The fourth-order valence-corrected chi connectivity index (χ4v) is 2.77. The van der Waals surface area contributed by atoms with E-state index in [9.17, 15) is 9.50 Å². The maximum Gasteiger partial charge on any atom is 0.141 e. The third-order valence-corrected chi connectivity index (χ3v) is 4.27. The van der Waals surface area contributed by atoms with Gasteiger partial charge in [0.1, 0.15) is 11.9 Å². The quantitative estimate of drug-likeness (QED) is 0.791. The maximum absolute atomic E-state index is 13.6. The van der Waals surface area contributed by atoms with E-state index in [1.54, 1.807) is 6.07 Å². The van der Waals surface area contributed by atoms with Gasteiger partial charge in [-0.1, -0.05) is 6.07 Å². The minimum atomic E-state index is -0.458. The molecule has 1 saturated heterocycles. The van der Waals surface area contributed by atoms with E-state index in [4.69, 9.17) is 5.26 Å². The van der Waals surface area contributed by atoms with Crippen LogP contribution in [0.25, 0.3) is 0 Å². The fraction of sp³-hybridized carbons (Fsp3) is 0.588. The van der Waals surface area contributed by atoms with Crippen molar-refractivity contribution in [1.82, 2.24) is 10.2 Å². The molecular formula is C17H24FN3O. The first-order valence-corrected chi connectivity index (χ1v) is 7.93. The van der Waals surface area contributed by atoms with Crippen molar-refractivity contribution < 1.29 is 9.50 Å². The molecule has 1 aliphatic rings. The van der Waals surface area contributed by atoms with E-state index in [1.807, 2.05) is 13.0 Å². The third kappa shape index (κ3) is 4.77. The van der Waals surface area contributed by atoms with Gasteiger partial charge in [-0.3, -0.25) is 0 Å². The second kappa shape index (κ2) is 8.23. The first kappa shape index (κ1) is 16.9. The monoisotopic (exact) mass is 305 g/mol. The molecule has 1 atom stereocenters. The molecule has 1 aliphatic heterocycles. The molecule has 0 aliphatic carbocycles. The summed E-state index contributed by atoms with van der Waals surface area (Å²) in [7, 11) is 0. The van der Waals surface area contributed by atoms with E-state index in [1.165, 1.54) is 12.1 Å². The van der Waals surface area contributed by atoms with Crippen molar-refractivity contribution in [3.8, 4) is 6.07 Å². The Morgan fingerprint density at radius 3 is 2.82 bits per heavy atom. The molecule has 1 unspecified atom stereocenters. The predicted octanol–water partition coefficient (Wildman–Crippen LogP) is 2.19. The summed E-state index contributed by atoms with van der Waals surface area (Å²) in [6, 6.07) is 6.65. The predicted molar refractivity (Wildman–Crippen MR) is 83.8 cm³/mol. The van der Waals surface area contributed by atoms with Crippen molar-refractivity contribution >= 4 is 0 Å². The van der Waals surface area contributed by atoms with Gasteiger partial charge in [-0.25, -0.2) is 4.39 Å². The average molecular weight is 305 g/mol. The zero-order valence-electron chi connectivity index (χ0n) is 13.1. The summed E-state index contributed by atoms with van der Waals surface area (Å²) in [5, 5.41) is 21.6. The molecule has 5 heteroatoms. The van der Waals surface area contributed by atoms with Crippen LogP contribution in [0.2, 0.25) is 0 Å². The van der Waals surface area contributed by atoms with Gasteiger partial charge in [0, 0.05) is 19.1 Å². The molecule has 0 amide bonds. The summed E-state index contributed by atoms with van der Waals surface area (Å²) in [6.07, 6.45) is 2.64. The van der Waals surface area contributed by atoms with Crippen LogP contribution in [-0.2, 0) is 0 Å². The number of rotatable bonds is 6. The third-order valence-electron chi connectivity index (χ3n) is 4.27. The zero-order chi connectivity index (χ0) is 15.9. The molecule has 120 valence electrons. The maximum atomic E-state index is 13.6. The Bertz CT molecular complexity index is 521. The summed E-state index contributed by atoms with van der Waals surface area (Å²) < 4.78 is 13.6. The highest BCUT2D eigenvalue weighted by molar-refractivity contribution is 5.34. The summed E-state index contributed by atoms with van der Waals surface area (Å²) in [4.78, 5) is 2.38. The number of aliphatic hydroxyl groups excluding tert-OH is 1. The number of nitrogens with zero attached hydrogens (tertiary/aromatic N) is 2. The van der Waals surface area contributed by atoms with Gasteiger partial charge in [-0.2, -0.15) is 5.26 Å². The van der Waals surface area contributed by atoms with Gasteiger partial charge in [-0.05, 0) is 57.0 Å². The van der Waals surface area contributed by atoms with Gasteiger partial charge >= 0.3 is 0 Å². The van der Waals surface area contributed by atoms with Crippen LogP contribution in [0.3, 0.4) is 0 Å². The van der Waals surface area contributed by atoms with E-state index in [0.717, 1.165) is 51.0 Å². The standard InChI is InChI=1S/C17H24FN3O/c1-13(14-3-4-15(12-19)17(18)11-14)20-7-2-8-21-9-5-16(22)6-10-21/h3-4,11,13,16,20,22H,2,5-10H2,1H3. The van der Waals surface area contributed by atoms with Crippen molar-refractivity contribution in [2.75, 3.05) is 26.2 Å². The van der Waals surface area contributed by atoms with E-state index in [0.29, 0.717) is 0 Å². The number of piperidine rings is 1. The summed E-state index contributed by atoms with van der Waals surface area (Å²) in [5.74, 6) is -0.458. The fourth-order valence-electron chi connectivity index (χ4n) is 2.77. The molecule has 1 fully saturated rings. The first-order valence-electron chi connectivity index (χ1n) is 7.93. The number of nitrogens with one attached hydrogen (secondary N) is 1. The van der Waals surface area contributed by atoms with Crippen molar-refractivity contribution in [1.29, 1.82) is 5.26 Å². The van der Waals surface area contributed by atoms with E-state index < -0.39 is 5.82 Å². The molecule has 0 bridgehead atoms. The Morgan fingerprint density at radius 1 is 1.45 bits per heavy atom. The van der Waals surface area contributed by atoms with E-state index in [-0.39, 0.29) is 17.7 Å². The van der Waals surface area contributed by atoms with Crippen molar-refractivity contribution in [2.24, 2.45) is 0 Å². The van der Waals surface area contributed by atoms with Crippen LogP contribution in [0.1, 0.15) is 43.4 Å². The number of benzene rings is 1. The summed E-state index contributed by atoms with van der Waals surface area (Å²) in [5.41, 5.74) is 0.945. The highest BCUT2D eigenvalue weighted by atomic mass is 19.1. The average Bonchev–Trinajstić information content (AvgIpc) is 2.53. The first-order chi connectivity index (χ1) is 10.6. The molecule has 22 heavy (non-hydrogen) atoms. The second-order valence-electron chi connectivity index (χ2n) is 5.95. The minimum absolute atomic E-state index is 0.0606. The van der Waals surface area contributed by atoms with Gasteiger partial charge in [0.05, 0.1) is 11.7 Å². The molecule has 2 N–H and O–H groups in total. The molecule has 1 aromatic rings. The number of hydrogen-bond donors (Lipinski definition) is 2. The van der Waals surface area contributed by atoms with Gasteiger partial charge in [0.15, 0.2) is 0 Å². The molecule has 0 spiro atoms. The minimum Gasteiger partial charge on any atom is -0.393 e. The molecule has 1 aromatic carbocycles. The molecule has 0 aromatic heterocycles. The van der Waals surface area contributed by atoms with Crippen LogP contribution >= 0.6 is 0 Å². The molecule has 4 nitrogen and oxygen atoms in total. The van der Waals surface area contributed by atoms with Crippen LogP contribution in [0.5, 0.6) is 0 Å². The Hall–Kier alpha value is -1.48. The number of aliphatic hydroxyl groups is 1. The lowest BCUT2D eigenvalue weighted by molar-refractivity contribution is 0.0820. The lowest BCUT2D eigenvalue weighted by Crippen LogP contribution is -2.37. The van der Waals surface area contributed by atoms with Crippen LogP contribution in [0.15, 0.2) is 18.2 Å². The Morgan fingerprint density at radius 2 is 2.18 bits per heavy atom. The molecule has 0 radical (unpaired) electrons. The smallest absolute Gasteiger partial charge is 0.141 e. The zero-order valence-corrected chi connectivity index (χ0v) is 13.1. The topological polar surface area (TPSA) is 59.3 Å². The van der Waals surface area contributed by atoms with Gasteiger partial charge in [0.2, 0.25) is 0 Å². The highest BCUT2D eigenvalue weighted by Crippen LogP contribution is 2.16. The van der Waals surface area contributed by atoms with Crippen molar-refractivity contribution in [2.45, 2.75) is 38.3 Å². The molecular weight excluding hydrogens is 281 g/mol. The molecule has 1 heterocycles. The van der Waals surface area contributed by atoms with E-state index >= 15 is 0 Å². The SMILES string of the molecule is CC(NCCCN1CCC(O)CC1)c1ccc(C#N)c(F)c1. The van der Waals surface area contributed by atoms with Crippen LogP contribution in [-0.4, -0.2) is 42.3 Å². The number of likely N-dealkylation sites (tertiary alicyclic amines) is 1. The molecule has 2 rings (SSSR count). The van der Waals surface area contributed by atoms with Crippen molar-refractivity contribution in [3.05, 3.63) is 35.1 Å². The van der Waals surface area contributed by atoms with Gasteiger partial charge in [0.25, 0.3) is 0 Å². The highest BCUT2D eigenvalue weighted by Gasteiger charge is 2.16. The lowest BCUT2D eigenvalue weighted by Gasteiger charge is -2.29. The Balaban J connectivity index is 1.70. The summed E-state index contributed by atoms with van der Waals surface area (Å²) in [6.45, 7) is 5.82. The van der Waals surface area contributed by atoms with Crippen LogP contribution in [0, 0.1) is 17.1 Å². The Kier molecular flexibility index (Phi) is 6.32. The van der Waals surface area contributed by atoms with Gasteiger partial charge in [-0.15, -0.1) is 0 Å². The van der Waals surface area contributed by atoms with Gasteiger partial charge < -0.3 is 15.3 Å². The number of hydrogen-bond acceptors (Lipinski definition) is 4. The van der Waals surface area contributed by atoms with Crippen LogP contribution in [0.4, 0.5) is 4.39 Å². The largest absolute Gasteiger partial charge is 0.393 e. The lowest BCUT2D eigenvalue weighted by atomic mass is 10.1. The number of halogens is 1. The normalized spacial score (nSPS) is 18.1. The number of nitriles is 1. The van der Waals surface area contributed by atoms with E-state index in [2.05, 4.69) is 10.2 Å². The second-order valence-corrected chi connectivity index (χ2v) is 5.95. The Labute approximate surface area is 131 Å². The van der Waals surface area contributed by atoms with Crippen molar-refractivity contribution in [3.63, 3.8) is 0 Å². The molecule has 0 saturated carbocycles.